The largest absolute Gasteiger partial charge is 0.479 e. The Morgan fingerprint density at radius 3 is 1.07 bits per heavy atom. The first-order valence-electron chi connectivity index (χ1n) is 3.47. The molecule has 0 amide bonds. The van der Waals surface area contributed by atoms with Crippen LogP contribution in [0.5, 0.6) is 0 Å². The van der Waals surface area contributed by atoms with Gasteiger partial charge in [-0.15, -0.1) is 0 Å². The fraction of sp³-hybridized carbons (Fsp3) is 0.667. The third-order valence-electron chi connectivity index (χ3n) is 1.50. The highest BCUT2D eigenvalue weighted by Gasteiger charge is 2.37. The lowest BCUT2D eigenvalue weighted by Gasteiger charge is -2.21. The highest BCUT2D eigenvalue weighted by atomic mass is 16.4. The van der Waals surface area contributed by atoms with Gasteiger partial charge in [0.1, 0.15) is 12.2 Å². The number of hydrogen-bond donors (Lipinski definition) is 6. The van der Waals surface area contributed by atoms with Crippen LogP contribution in [0.25, 0.3) is 0 Å². The third-order valence-corrected chi connectivity index (χ3v) is 1.50. The predicted molar refractivity (Wildman–Crippen MR) is 39.3 cm³/mol. The van der Waals surface area contributed by atoms with Gasteiger partial charge >= 0.3 is 11.9 Å². The molecule has 0 fully saturated rings. The van der Waals surface area contributed by atoms with E-state index in [1.54, 1.807) is 0 Å². The average Bonchev–Trinajstić information content (AvgIpc) is 2.12. The van der Waals surface area contributed by atoms with E-state index >= 15 is 0 Å². The lowest BCUT2D eigenvalue weighted by atomic mass is 10.0. The Morgan fingerprint density at radius 2 is 0.929 bits per heavy atom. The van der Waals surface area contributed by atoms with Crippen LogP contribution in [0.2, 0.25) is 0 Å². The Labute approximate surface area is 77.7 Å². The molecule has 0 saturated carbocycles. The van der Waals surface area contributed by atoms with Crippen LogP contribution in [0.1, 0.15) is 0 Å². The number of carboxylic acids is 2. The molecule has 8 nitrogen and oxygen atoms in total. The molecular formula is C6H10O8. The third kappa shape index (κ3) is 2.92. The molecule has 82 valence electrons. The SMILES string of the molecule is O=C(O)[C@H](O)[C@H](O)[C@H](O)[C@@H](O)C(=O)O. The maximum Gasteiger partial charge on any atom is 0.335 e. The first kappa shape index (κ1) is 12.8. The van der Waals surface area contributed by atoms with Crippen LogP contribution in [0, 0.1) is 0 Å². The van der Waals surface area contributed by atoms with Gasteiger partial charge in [-0.2, -0.15) is 0 Å². The molecule has 6 N–H and O–H groups in total. The molecule has 0 aliphatic heterocycles. The summed E-state index contributed by atoms with van der Waals surface area (Å²) in [6.45, 7) is 0. The van der Waals surface area contributed by atoms with Gasteiger partial charge in [-0.05, 0) is 0 Å². The molecule has 0 spiro atoms. The quantitative estimate of drug-likeness (QED) is 0.274. The zero-order valence-electron chi connectivity index (χ0n) is 6.81. The van der Waals surface area contributed by atoms with Crippen molar-refractivity contribution in [3.05, 3.63) is 0 Å². The normalized spacial score (nSPS) is 19.4. The second-order valence-electron chi connectivity index (χ2n) is 2.55. The van der Waals surface area contributed by atoms with Gasteiger partial charge in [0.15, 0.2) is 12.2 Å². The Kier molecular flexibility index (Phi) is 4.44. The van der Waals surface area contributed by atoms with E-state index in [9.17, 15) is 9.59 Å². The van der Waals surface area contributed by atoms with E-state index < -0.39 is 36.4 Å². The van der Waals surface area contributed by atoms with E-state index in [1.807, 2.05) is 0 Å². The van der Waals surface area contributed by atoms with Crippen LogP contribution in [0.4, 0.5) is 0 Å². The lowest BCUT2D eigenvalue weighted by molar-refractivity contribution is -0.172. The van der Waals surface area contributed by atoms with Crippen molar-refractivity contribution < 1.29 is 40.2 Å². The first-order chi connectivity index (χ1) is 6.29. The van der Waals surface area contributed by atoms with Gasteiger partial charge in [0.2, 0.25) is 0 Å². The van der Waals surface area contributed by atoms with Gasteiger partial charge in [-0.25, -0.2) is 9.59 Å². The van der Waals surface area contributed by atoms with Crippen molar-refractivity contribution in [3.63, 3.8) is 0 Å². The summed E-state index contributed by atoms with van der Waals surface area (Å²) in [5.74, 6) is -3.68. The molecule has 0 rings (SSSR count). The molecular weight excluding hydrogens is 200 g/mol. The summed E-state index contributed by atoms with van der Waals surface area (Å²) in [5.41, 5.74) is 0. The molecule has 0 aromatic heterocycles. The zero-order chi connectivity index (χ0) is 11.5. The van der Waals surface area contributed by atoms with Gasteiger partial charge in [0, 0.05) is 0 Å². The van der Waals surface area contributed by atoms with Gasteiger partial charge in [-0.3, -0.25) is 0 Å². The Balaban J connectivity index is 4.45. The standard InChI is InChI=1S/C6H10O8/c7-1(3(9)5(11)12)2(8)4(10)6(13)14/h1-4,7-10H,(H,11,12)(H,13,14)/t1-,2+,3-,4-/m1/s1. The highest BCUT2D eigenvalue weighted by Crippen LogP contribution is 2.05. The predicted octanol–water partition coefficient (Wildman–Crippen LogP) is -3.40. The summed E-state index contributed by atoms with van der Waals surface area (Å²) in [4.78, 5) is 20.2. The molecule has 0 radical (unpaired) electrons. The number of carbonyl (C=O) groups is 2. The highest BCUT2D eigenvalue weighted by molar-refractivity contribution is 5.75. The van der Waals surface area contributed by atoms with Crippen LogP contribution in [0.15, 0.2) is 0 Å². The molecule has 0 aliphatic rings. The topological polar surface area (TPSA) is 156 Å². The summed E-state index contributed by atoms with van der Waals surface area (Å²) >= 11 is 0. The Bertz CT molecular complexity index is 202. The van der Waals surface area contributed by atoms with Crippen molar-refractivity contribution in [1.29, 1.82) is 0 Å². The summed E-state index contributed by atoms with van der Waals surface area (Å²) in [6.07, 6.45) is -9.28. The van der Waals surface area contributed by atoms with E-state index in [-0.39, 0.29) is 0 Å². The fourth-order valence-electron chi connectivity index (χ4n) is 0.666. The first-order valence-corrected chi connectivity index (χ1v) is 3.47. The number of carboxylic acid groups (broad SMARTS) is 2. The van der Waals surface area contributed by atoms with Crippen LogP contribution in [0.3, 0.4) is 0 Å². The van der Waals surface area contributed by atoms with Crippen molar-refractivity contribution in [1.82, 2.24) is 0 Å². The molecule has 0 aliphatic carbocycles. The van der Waals surface area contributed by atoms with Crippen LogP contribution in [-0.4, -0.2) is 67.0 Å². The minimum atomic E-state index is -2.36. The smallest absolute Gasteiger partial charge is 0.335 e. The van der Waals surface area contributed by atoms with Gasteiger partial charge in [0.05, 0.1) is 0 Å². The molecule has 0 unspecified atom stereocenters. The molecule has 0 heterocycles. The van der Waals surface area contributed by atoms with Crippen molar-refractivity contribution in [2.45, 2.75) is 24.4 Å². The Hall–Kier alpha value is -1.22. The molecule has 0 aromatic carbocycles. The minimum Gasteiger partial charge on any atom is -0.479 e. The fourth-order valence-corrected chi connectivity index (χ4v) is 0.666. The Morgan fingerprint density at radius 1 is 0.714 bits per heavy atom. The number of aliphatic hydroxyl groups is 4. The van der Waals surface area contributed by atoms with E-state index in [0.717, 1.165) is 0 Å². The number of hydrogen-bond acceptors (Lipinski definition) is 6. The maximum absolute atomic E-state index is 10.1. The van der Waals surface area contributed by atoms with Crippen molar-refractivity contribution in [3.8, 4) is 0 Å². The molecule has 0 saturated heterocycles. The second kappa shape index (κ2) is 4.86. The lowest BCUT2D eigenvalue weighted by Crippen LogP contribution is -2.49. The number of aliphatic carboxylic acids is 2. The molecule has 8 heteroatoms. The van der Waals surface area contributed by atoms with E-state index in [1.165, 1.54) is 0 Å². The molecule has 0 bridgehead atoms. The van der Waals surface area contributed by atoms with E-state index in [2.05, 4.69) is 0 Å². The van der Waals surface area contributed by atoms with Gasteiger partial charge in [0.25, 0.3) is 0 Å². The van der Waals surface area contributed by atoms with Crippen LogP contribution < -0.4 is 0 Å². The molecule has 0 aromatic rings. The average molecular weight is 210 g/mol. The summed E-state index contributed by atoms with van der Waals surface area (Å²) < 4.78 is 0. The van der Waals surface area contributed by atoms with E-state index in [0.29, 0.717) is 0 Å². The number of rotatable bonds is 5. The van der Waals surface area contributed by atoms with Crippen molar-refractivity contribution >= 4 is 11.9 Å². The second-order valence-corrected chi connectivity index (χ2v) is 2.55. The number of aliphatic hydroxyl groups excluding tert-OH is 4. The zero-order valence-corrected chi connectivity index (χ0v) is 6.81. The minimum absolute atomic E-state index is 1.84. The van der Waals surface area contributed by atoms with Crippen LogP contribution >= 0.6 is 0 Å². The molecule has 4 atom stereocenters. The van der Waals surface area contributed by atoms with Crippen LogP contribution in [-0.2, 0) is 9.59 Å². The van der Waals surface area contributed by atoms with Crippen molar-refractivity contribution in [2.75, 3.05) is 0 Å². The van der Waals surface area contributed by atoms with Gasteiger partial charge < -0.3 is 30.6 Å². The maximum atomic E-state index is 10.1. The van der Waals surface area contributed by atoms with Gasteiger partial charge in [-0.1, -0.05) is 0 Å². The molecule has 14 heavy (non-hydrogen) atoms. The summed E-state index contributed by atoms with van der Waals surface area (Å²) in [7, 11) is 0. The summed E-state index contributed by atoms with van der Waals surface area (Å²) in [5, 5.41) is 51.5. The summed E-state index contributed by atoms with van der Waals surface area (Å²) in [6, 6.07) is 0. The van der Waals surface area contributed by atoms with Crippen molar-refractivity contribution in [2.24, 2.45) is 0 Å². The van der Waals surface area contributed by atoms with E-state index in [4.69, 9.17) is 30.6 Å². The monoisotopic (exact) mass is 210 g/mol.